The molecule has 0 fully saturated rings. The smallest absolute Gasteiger partial charge is 0.348 e. The van der Waals surface area contributed by atoms with E-state index in [4.69, 9.17) is 14.2 Å². The van der Waals surface area contributed by atoms with Gasteiger partial charge in [-0.1, -0.05) is 60.7 Å². The van der Waals surface area contributed by atoms with E-state index in [1.165, 1.54) is 20.3 Å². The van der Waals surface area contributed by atoms with Crippen molar-refractivity contribution in [2.24, 2.45) is 0 Å². The molecule has 1 atom stereocenters. The van der Waals surface area contributed by atoms with Crippen LogP contribution in [0.15, 0.2) is 66.7 Å². The van der Waals surface area contributed by atoms with E-state index in [0.717, 1.165) is 0 Å². The largest absolute Gasteiger partial charge is 0.481 e. The first kappa shape index (κ1) is 20.1. The zero-order valence-corrected chi connectivity index (χ0v) is 15.9. The average Bonchev–Trinajstić information content (AvgIpc) is 2.77. The van der Waals surface area contributed by atoms with Gasteiger partial charge in [-0.3, -0.25) is 0 Å². The van der Waals surface area contributed by atoms with E-state index < -0.39 is 17.7 Å². The molecule has 0 aliphatic carbocycles. The number of rotatable bonds is 8. The summed E-state index contributed by atoms with van der Waals surface area (Å²) in [4.78, 5) is 20.2. The van der Waals surface area contributed by atoms with Gasteiger partial charge in [-0.15, -0.1) is 0 Å². The third-order valence-corrected chi connectivity index (χ3v) is 4.33. The molecule has 8 nitrogen and oxygen atoms in total. The fourth-order valence-corrected chi connectivity index (χ4v) is 2.92. The lowest BCUT2D eigenvalue weighted by atomic mass is 9.81. The Morgan fingerprint density at radius 1 is 0.897 bits per heavy atom. The minimum Gasteiger partial charge on any atom is -0.481 e. The van der Waals surface area contributed by atoms with Crippen LogP contribution in [-0.2, 0) is 10.4 Å². The number of methoxy groups -OCH3 is 2. The van der Waals surface area contributed by atoms with Gasteiger partial charge in [0.2, 0.25) is 17.9 Å². The van der Waals surface area contributed by atoms with Crippen LogP contribution in [0.1, 0.15) is 11.1 Å². The molecule has 8 heteroatoms. The van der Waals surface area contributed by atoms with Crippen LogP contribution in [0.25, 0.3) is 0 Å². The molecule has 3 rings (SSSR count). The van der Waals surface area contributed by atoms with E-state index in [2.05, 4.69) is 9.97 Å². The molecule has 1 heterocycles. The lowest BCUT2D eigenvalue weighted by Gasteiger charge is -2.34. The number of aliphatic carboxylic acids is 1. The van der Waals surface area contributed by atoms with Gasteiger partial charge in [0, 0.05) is 0 Å². The van der Waals surface area contributed by atoms with E-state index in [0.29, 0.717) is 11.1 Å². The number of carboxylic acid groups (broad SMARTS) is 1. The Hall–Kier alpha value is -3.65. The highest BCUT2D eigenvalue weighted by Crippen LogP contribution is 2.35. The first-order valence-corrected chi connectivity index (χ1v) is 8.69. The Kier molecular flexibility index (Phi) is 5.94. The van der Waals surface area contributed by atoms with Crippen molar-refractivity contribution in [1.29, 1.82) is 0 Å². The summed E-state index contributed by atoms with van der Waals surface area (Å²) in [7, 11) is 2.79. The van der Waals surface area contributed by atoms with Gasteiger partial charge in [-0.25, -0.2) is 4.79 Å². The summed E-state index contributed by atoms with van der Waals surface area (Å²) in [5.74, 6) is -1.15. The molecule has 3 aromatic rings. The molecule has 0 aliphatic heterocycles. The molecular formula is C21H20N2O6. The molecule has 2 aromatic carbocycles. The Bertz CT molecular complexity index is 904. The zero-order chi connectivity index (χ0) is 20.9. The van der Waals surface area contributed by atoms with Crippen LogP contribution in [0.4, 0.5) is 0 Å². The fraction of sp³-hybridized carbons (Fsp3) is 0.190. The lowest BCUT2D eigenvalue weighted by Crippen LogP contribution is -2.49. The Morgan fingerprint density at radius 2 is 1.34 bits per heavy atom. The molecule has 0 aliphatic rings. The van der Waals surface area contributed by atoms with Crippen molar-refractivity contribution in [2.45, 2.75) is 11.7 Å². The van der Waals surface area contributed by atoms with Gasteiger partial charge in [0.05, 0.1) is 20.3 Å². The Morgan fingerprint density at radius 3 is 1.72 bits per heavy atom. The van der Waals surface area contributed by atoms with Crippen LogP contribution < -0.4 is 14.2 Å². The van der Waals surface area contributed by atoms with E-state index in [9.17, 15) is 15.0 Å². The minimum absolute atomic E-state index is 0.124. The van der Waals surface area contributed by atoms with Gasteiger partial charge < -0.3 is 24.4 Å². The first-order chi connectivity index (χ1) is 14.0. The number of carboxylic acids is 1. The van der Waals surface area contributed by atoms with Gasteiger partial charge in [0.25, 0.3) is 0 Å². The van der Waals surface area contributed by atoms with Crippen molar-refractivity contribution < 1.29 is 29.2 Å². The normalized spacial score (nSPS) is 12.1. The lowest BCUT2D eigenvalue weighted by molar-refractivity contribution is -0.157. The molecule has 1 unspecified atom stereocenters. The number of hydrogen-bond donors (Lipinski definition) is 2. The highest BCUT2D eigenvalue weighted by molar-refractivity contribution is 5.76. The molecule has 150 valence electrons. The fourth-order valence-electron chi connectivity index (χ4n) is 2.92. The summed E-state index contributed by atoms with van der Waals surface area (Å²) < 4.78 is 15.7. The van der Waals surface area contributed by atoms with Crippen molar-refractivity contribution in [3.05, 3.63) is 77.9 Å². The van der Waals surface area contributed by atoms with Crippen LogP contribution >= 0.6 is 0 Å². The van der Waals surface area contributed by atoms with E-state index in [-0.39, 0.29) is 17.8 Å². The predicted octanol–water partition coefficient (Wildman–Crippen LogP) is 2.26. The molecule has 0 bridgehead atoms. The SMILES string of the molecule is COc1cc(OC)nc(OC(C(=O)O)C(O)(c2ccccc2)c2ccccc2)n1. The standard InChI is InChI=1S/C21H20N2O6/c1-27-16-13-17(28-2)23-20(22-16)29-18(19(24)25)21(26,14-9-5-3-6-10-14)15-11-7-4-8-12-15/h3-13,18,26H,1-2H3,(H,24,25). The third-order valence-electron chi connectivity index (χ3n) is 4.33. The Balaban J connectivity index is 2.13. The topological polar surface area (TPSA) is 111 Å². The molecule has 2 N–H and O–H groups in total. The number of carbonyl (C=O) groups is 1. The van der Waals surface area contributed by atoms with E-state index in [1.54, 1.807) is 60.7 Å². The predicted molar refractivity (Wildman–Crippen MR) is 103 cm³/mol. The highest BCUT2D eigenvalue weighted by Gasteiger charge is 2.47. The molecule has 0 saturated carbocycles. The molecule has 0 spiro atoms. The number of aromatic nitrogens is 2. The molecule has 1 aromatic heterocycles. The van der Waals surface area contributed by atoms with Gasteiger partial charge in [-0.05, 0) is 11.1 Å². The van der Waals surface area contributed by atoms with Crippen LogP contribution in [0.2, 0.25) is 0 Å². The number of benzene rings is 2. The van der Waals surface area contributed by atoms with Crippen LogP contribution in [0.3, 0.4) is 0 Å². The van der Waals surface area contributed by atoms with Crippen LogP contribution in [-0.4, -0.2) is 46.5 Å². The first-order valence-electron chi connectivity index (χ1n) is 8.69. The third kappa shape index (κ3) is 4.12. The van der Waals surface area contributed by atoms with Gasteiger partial charge >= 0.3 is 12.0 Å². The maximum atomic E-state index is 12.2. The number of hydrogen-bond acceptors (Lipinski definition) is 7. The molecule has 0 radical (unpaired) electrons. The summed E-state index contributed by atoms with van der Waals surface area (Å²) in [5.41, 5.74) is -1.34. The Labute approximate surface area is 167 Å². The minimum atomic E-state index is -2.02. The van der Waals surface area contributed by atoms with Crippen molar-refractivity contribution in [3.63, 3.8) is 0 Å². The van der Waals surface area contributed by atoms with Crippen molar-refractivity contribution in [1.82, 2.24) is 9.97 Å². The summed E-state index contributed by atoms with van der Waals surface area (Å²) >= 11 is 0. The molecule has 0 saturated heterocycles. The van der Waals surface area contributed by atoms with Crippen molar-refractivity contribution >= 4 is 5.97 Å². The molecule has 29 heavy (non-hydrogen) atoms. The maximum absolute atomic E-state index is 12.2. The summed E-state index contributed by atoms with van der Waals surface area (Å²) in [6.45, 7) is 0. The monoisotopic (exact) mass is 396 g/mol. The summed E-state index contributed by atoms with van der Waals surface area (Å²) in [6.07, 6.45) is -1.76. The van der Waals surface area contributed by atoms with Gasteiger partial charge in [0.1, 0.15) is 0 Å². The molecular weight excluding hydrogens is 376 g/mol. The van der Waals surface area contributed by atoms with Crippen LogP contribution in [0.5, 0.6) is 17.8 Å². The van der Waals surface area contributed by atoms with E-state index in [1.807, 2.05) is 0 Å². The maximum Gasteiger partial charge on any atom is 0.348 e. The van der Waals surface area contributed by atoms with Crippen molar-refractivity contribution in [3.8, 4) is 17.8 Å². The zero-order valence-electron chi connectivity index (χ0n) is 15.9. The van der Waals surface area contributed by atoms with Crippen molar-refractivity contribution in [2.75, 3.05) is 14.2 Å². The average molecular weight is 396 g/mol. The quantitative estimate of drug-likeness (QED) is 0.597. The number of aliphatic hydroxyl groups is 1. The highest BCUT2D eigenvalue weighted by atomic mass is 16.5. The summed E-state index contributed by atoms with van der Waals surface area (Å²) in [5, 5.41) is 21.6. The van der Waals surface area contributed by atoms with Crippen LogP contribution in [0, 0.1) is 0 Å². The summed E-state index contributed by atoms with van der Waals surface area (Å²) in [6, 6.07) is 17.9. The van der Waals surface area contributed by atoms with E-state index >= 15 is 0 Å². The molecule has 0 amide bonds. The van der Waals surface area contributed by atoms with Gasteiger partial charge in [0.15, 0.2) is 5.60 Å². The second kappa shape index (κ2) is 8.57. The second-order valence-corrected chi connectivity index (χ2v) is 6.07. The second-order valence-electron chi connectivity index (χ2n) is 6.07. The van der Waals surface area contributed by atoms with Gasteiger partial charge in [-0.2, -0.15) is 9.97 Å². The number of ether oxygens (including phenoxy) is 3. The number of nitrogens with zero attached hydrogens (tertiary/aromatic N) is 2.